The molecule has 0 heterocycles. The maximum absolute atomic E-state index is 12.5. The molecule has 2 N–H and O–H groups in total. The van der Waals surface area contributed by atoms with Crippen LogP contribution in [-0.4, -0.2) is 20.1 Å². The van der Waals surface area contributed by atoms with Gasteiger partial charge in [-0.15, -0.1) is 0 Å². The molecule has 27 heavy (non-hydrogen) atoms. The molecular weight excluding hydrogens is 366 g/mol. The quantitative estimate of drug-likeness (QED) is 0.567. The topological polar surface area (TPSA) is 83.4 Å². The molecule has 0 aromatic heterocycles. The normalized spacial score (nSPS) is 10.7. The van der Waals surface area contributed by atoms with E-state index in [0.29, 0.717) is 27.9 Å². The fraction of sp³-hybridized carbons (Fsp3) is 0.200. The van der Waals surface area contributed by atoms with Crippen LogP contribution in [-0.2, 0) is 4.79 Å². The number of amides is 1. The van der Waals surface area contributed by atoms with Crippen LogP contribution >= 0.6 is 11.6 Å². The second-order valence-corrected chi connectivity index (χ2v) is 6.18. The number of ether oxygens (including phenoxy) is 2. The Morgan fingerprint density at radius 2 is 1.81 bits per heavy atom. The molecule has 2 aromatic carbocycles. The molecule has 2 rings (SSSR count). The largest absolute Gasteiger partial charge is 0.495 e. The Labute approximate surface area is 163 Å². The number of nitrogens with one attached hydrogen (secondary N) is 2. The fourth-order valence-electron chi connectivity index (χ4n) is 2.35. The zero-order chi connectivity index (χ0) is 20.0. The second-order valence-electron chi connectivity index (χ2n) is 5.77. The van der Waals surface area contributed by atoms with Gasteiger partial charge in [-0.25, -0.2) is 0 Å². The minimum absolute atomic E-state index is 0.104. The molecule has 0 saturated heterocycles. The van der Waals surface area contributed by atoms with Crippen molar-refractivity contribution in [3.8, 4) is 17.6 Å². The second kappa shape index (κ2) is 8.97. The van der Waals surface area contributed by atoms with E-state index < -0.39 is 5.91 Å². The first-order chi connectivity index (χ1) is 12.9. The number of halogens is 1. The standard InChI is InChI=1S/C20H20ClN3O3/c1-12-5-6-18(26-3)17(7-12)24-20(25)14(10-22)11-23-16-8-13(2)15(21)9-19(16)27-4/h5-9,11,23H,1-4H3,(H,24,25)/b14-11-. The Bertz CT molecular complexity index is 933. The number of nitriles is 1. The number of carbonyl (C=O) groups is 1. The number of hydrogen-bond acceptors (Lipinski definition) is 5. The predicted octanol–water partition coefficient (Wildman–Crippen LogP) is 4.43. The molecule has 0 aliphatic carbocycles. The lowest BCUT2D eigenvalue weighted by Crippen LogP contribution is -2.15. The third-order valence-electron chi connectivity index (χ3n) is 3.82. The van der Waals surface area contributed by atoms with Gasteiger partial charge in [0.1, 0.15) is 23.1 Å². The van der Waals surface area contributed by atoms with Crippen molar-refractivity contribution < 1.29 is 14.3 Å². The highest BCUT2D eigenvalue weighted by molar-refractivity contribution is 6.31. The monoisotopic (exact) mass is 385 g/mol. The Morgan fingerprint density at radius 1 is 1.11 bits per heavy atom. The minimum atomic E-state index is -0.557. The Kier molecular flexibility index (Phi) is 6.69. The van der Waals surface area contributed by atoms with Gasteiger partial charge in [0.2, 0.25) is 0 Å². The molecular formula is C20H20ClN3O3. The number of nitrogens with zero attached hydrogens (tertiary/aromatic N) is 1. The van der Waals surface area contributed by atoms with Gasteiger partial charge in [0.15, 0.2) is 0 Å². The summed E-state index contributed by atoms with van der Waals surface area (Å²) in [6.45, 7) is 3.74. The molecule has 0 fully saturated rings. The van der Waals surface area contributed by atoms with E-state index >= 15 is 0 Å². The first-order valence-corrected chi connectivity index (χ1v) is 8.44. The zero-order valence-corrected chi connectivity index (χ0v) is 16.3. The molecule has 0 atom stereocenters. The molecule has 7 heteroatoms. The first kappa shape index (κ1) is 20.1. The molecule has 0 spiro atoms. The van der Waals surface area contributed by atoms with Gasteiger partial charge < -0.3 is 20.1 Å². The molecule has 1 amide bonds. The van der Waals surface area contributed by atoms with Crippen molar-refractivity contribution in [1.29, 1.82) is 5.26 Å². The summed E-state index contributed by atoms with van der Waals surface area (Å²) in [6.07, 6.45) is 1.32. The van der Waals surface area contributed by atoms with Crippen LogP contribution in [0.25, 0.3) is 0 Å². The highest BCUT2D eigenvalue weighted by atomic mass is 35.5. The minimum Gasteiger partial charge on any atom is -0.495 e. The van der Waals surface area contributed by atoms with Crippen LogP contribution in [0.5, 0.6) is 11.5 Å². The van der Waals surface area contributed by atoms with E-state index in [1.807, 2.05) is 26.0 Å². The van der Waals surface area contributed by atoms with Gasteiger partial charge in [0.05, 0.1) is 25.6 Å². The van der Waals surface area contributed by atoms with E-state index in [9.17, 15) is 10.1 Å². The van der Waals surface area contributed by atoms with Gasteiger partial charge in [-0.1, -0.05) is 17.7 Å². The zero-order valence-electron chi connectivity index (χ0n) is 15.5. The van der Waals surface area contributed by atoms with E-state index in [4.69, 9.17) is 21.1 Å². The highest BCUT2D eigenvalue weighted by Gasteiger charge is 2.13. The SMILES string of the molecule is COc1cc(Cl)c(C)cc1N/C=C(/C#N)C(=O)Nc1cc(C)ccc1OC. The van der Waals surface area contributed by atoms with Crippen molar-refractivity contribution in [2.24, 2.45) is 0 Å². The fourth-order valence-corrected chi connectivity index (χ4v) is 2.51. The maximum atomic E-state index is 12.5. The van der Waals surface area contributed by atoms with Gasteiger partial charge in [-0.3, -0.25) is 4.79 Å². The Balaban J connectivity index is 2.24. The van der Waals surface area contributed by atoms with Crippen LogP contribution in [0.4, 0.5) is 11.4 Å². The molecule has 0 bridgehead atoms. The van der Waals surface area contributed by atoms with Gasteiger partial charge in [0.25, 0.3) is 5.91 Å². The number of aryl methyl sites for hydroxylation is 2. The number of rotatable bonds is 6. The van der Waals surface area contributed by atoms with Gasteiger partial charge in [0, 0.05) is 17.3 Å². The Morgan fingerprint density at radius 3 is 2.44 bits per heavy atom. The van der Waals surface area contributed by atoms with Crippen molar-refractivity contribution in [1.82, 2.24) is 0 Å². The number of methoxy groups -OCH3 is 2. The first-order valence-electron chi connectivity index (χ1n) is 8.06. The van der Waals surface area contributed by atoms with Gasteiger partial charge in [-0.2, -0.15) is 5.26 Å². The molecule has 0 radical (unpaired) electrons. The van der Waals surface area contributed by atoms with Crippen LogP contribution in [0.3, 0.4) is 0 Å². The smallest absolute Gasteiger partial charge is 0.267 e. The molecule has 0 saturated carbocycles. The summed E-state index contributed by atoms with van der Waals surface area (Å²) in [5, 5.41) is 15.5. The summed E-state index contributed by atoms with van der Waals surface area (Å²) in [5.41, 5.74) is 2.76. The molecule has 0 aliphatic heterocycles. The van der Waals surface area contributed by atoms with Crippen LogP contribution in [0.15, 0.2) is 42.1 Å². The summed E-state index contributed by atoms with van der Waals surface area (Å²) in [7, 11) is 3.02. The Hall–Kier alpha value is -3.17. The van der Waals surface area contributed by atoms with Gasteiger partial charge >= 0.3 is 0 Å². The average Bonchev–Trinajstić information content (AvgIpc) is 2.65. The van der Waals surface area contributed by atoms with E-state index in [1.165, 1.54) is 20.4 Å². The highest BCUT2D eigenvalue weighted by Crippen LogP contribution is 2.31. The van der Waals surface area contributed by atoms with Crippen LogP contribution in [0, 0.1) is 25.2 Å². The summed E-state index contributed by atoms with van der Waals surface area (Å²) < 4.78 is 10.5. The third-order valence-corrected chi connectivity index (χ3v) is 4.23. The number of hydrogen-bond donors (Lipinski definition) is 2. The van der Waals surface area contributed by atoms with E-state index in [0.717, 1.165) is 11.1 Å². The summed E-state index contributed by atoms with van der Waals surface area (Å²) in [6, 6.07) is 10.7. The average molecular weight is 386 g/mol. The van der Waals surface area contributed by atoms with E-state index in [1.54, 1.807) is 24.3 Å². The predicted molar refractivity (Wildman–Crippen MR) is 106 cm³/mol. The van der Waals surface area contributed by atoms with Crippen molar-refractivity contribution in [2.45, 2.75) is 13.8 Å². The van der Waals surface area contributed by atoms with Gasteiger partial charge in [-0.05, 0) is 43.2 Å². The molecule has 0 unspecified atom stereocenters. The molecule has 2 aromatic rings. The molecule has 0 aliphatic rings. The summed E-state index contributed by atoms with van der Waals surface area (Å²) in [4.78, 5) is 12.5. The molecule has 140 valence electrons. The summed E-state index contributed by atoms with van der Waals surface area (Å²) in [5.74, 6) is 0.452. The van der Waals surface area contributed by atoms with Crippen molar-refractivity contribution in [3.05, 3.63) is 58.3 Å². The van der Waals surface area contributed by atoms with Crippen molar-refractivity contribution in [2.75, 3.05) is 24.9 Å². The maximum Gasteiger partial charge on any atom is 0.267 e. The van der Waals surface area contributed by atoms with Crippen LogP contribution in [0.1, 0.15) is 11.1 Å². The number of benzene rings is 2. The van der Waals surface area contributed by atoms with Crippen LogP contribution < -0.4 is 20.1 Å². The molecule has 6 nitrogen and oxygen atoms in total. The van der Waals surface area contributed by atoms with E-state index in [2.05, 4.69) is 10.6 Å². The number of carbonyl (C=O) groups excluding carboxylic acids is 1. The number of anilines is 2. The third kappa shape index (κ3) is 4.93. The van der Waals surface area contributed by atoms with Crippen molar-refractivity contribution in [3.63, 3.8) is 0 Å². The van der Waals surface area contributed by atoms with Crippen LogP contribution in [0.2, 0.25) is 5.02 Å². The van der Waals surface area contributed by atoms with Crippen molar-refractivity contribution >= 4 is 28.9 Å². The summed E-state index contributed by atoms with van der Waals surface area (Å²) >= 11 is 6.09. The lowest BCUT2D eigenvalue weighted by molar-refractivity contribution is -0.112. The van der Waals surface area contributed by atoms with E-state index in [-0.39, 0.29) is 5.57 Å². The lowest BCUT2D eigenvalue weighted by atomic mass is 10.2. The lowest BCUT2D eigenvalue weighted by Gasteiger charge is -2.12.